The van der Waals surface area contributed by atoms with E-state index in [0.717, 1.165) is 25.3 Å². The molecule has 21 heavy (non-hydrogen) atoms. The van der Waals surface area contributed by atoms with Crippen LogP contribution in [0, 0.1) is 0 Å². The largest absolute Gasteiger partial charge is 0.309 e. The Morgan fingerprint density at radius 1 is 1.14 bits per heavy atom. The second kappa shape index (κ2) is 5.32. The van der Waals surface area contributed by atoms with Crippen molar-refractivity contribution in [1.82, 2.24) is 9.55 Å². The fourth-order valence-corrected chi connectivity index (χ4v) is 4.56. The number of benzene rings is 1. The fourth-order valence-electron chi connectivity index (χ4n) is 2.08. The lowest BCUT2D eigenvalue weighted by Gasteiger charge is -2.35. The van der Waals surface area contributed by atoms with Gasteiger partial charge in [0.2, 0.25) is 0 Å². The van der Waals surface area contributed by atoms with E-state index in [2.05, 4.69) is 65.7 Å². The highest BCUT2D eigenvalue weighted by Crippen LogP contribution is 2.35. The van der Waals surface area contributed by atoms with Crippen molar-refractivity contribution in [2.24, 2.45) is 7.05 Å². The Hall–Kier alpha value is -0.463. The first-order chi connectivity index (χ1) is 9.46. The molecule has 3 nitrogen and oxygen atoms in total. The highest BCUT2D eigenvalue weighted by molar-refractivity contribution is 9.13. The number of rotatable bonds is 1. The van der Waals surface area contributed by atoms with Crippen molar-refractivity contribution in [1.29, 1.82) is 0 Å². The average molecular weight is 432 g/mol. The smallest absolute Gasteiger partial charge is 0.267 e. The molecule has 0 aliphatic rings. The molecule has 0 aliphatic carbocycles. The molecule has 0 N–H and O–H groups in total. The number of aromatic nitrogens is 2. The van der Waals surface area contributed by atoms with Crippen LogP contribution in [0.25, 0.3) is 11.0 Å². The molecule has 1 aromatic heterocycles. The van der Waals surface area contributed by atoms with Crippen LogP contribution in [-0.4, -0.2) is 17.6 Å². The molecule has 0 aliphatic heterocycles. The summed E-state index contributed by atoms with van der Waals surface area (Å²) in [5.74, 6) is 0. The standard InChI is InChI=1S/C15H20Br2N2OSi/c1-15(2,3)21(5,6)13-14(20)19(4)12-8-10(17)9(16)7-11(12)18-13/h7-8H,1-6H3. The molecule has 0 fully saturated rings. The normalized spacial score (nSPS) is 13.0. The number of halogens is 2. The Labute approximate surface area is 143 Å². The van der Waals surface area contributed by atoms with E-state index < -0.39 is 8.07 Å². The summed E-state index contributed by atoms with van der Waals surface area (Å²) in [6.07, 6.45) is 0. The number of aryl methyl sites for hydroxylation is 1. The molecule has 6 heteroatoms. The SMILES string of the molecule is Cn1c(=O)c([Si](C)(C)C(C)(C)C)nc2cc(Br)c(Br)cc21. The average Bonchev–Trinajstić information content (AvgIpc) is 2.35. The molecule has 0 bridgehead atoms. The van der Waals surface area contributed by atoms with Gasteiger partial charge in [-0.2, -0.15) is 0 Å². The Kier molecular flexibility index (Phi) is 4.28. The second-order valence-electron chi connectivity index (χ2n) is 6.95. The zero-order valence-corrected chi connectivity index (χ0v) is 17.4. The summed E-state index contributed by atoms with van der Waals surface area (Å²) in [4.78, 5) is 17.5. The van der Waals surface area contributed by atoms with Gasteiger partial charge in [-0.15, -0.1) is 0 Å². The molecular weight excluding hydrogens is 412 g/mol. The fraction of sp³-hybridized carbons (Fsp3) is 0.467. The van der Waals surface area contributed by atoms with Crippen LogP contribution in [-0.2, 0) is 7.05 Å². The van der Waals surface area contributed by atoms with Gasteiger partial charge in [-0.05, 0) is 49.0 Å². The van der Waals surface area contributed by atoms with Gasteiger partial charge in [0.05, 0.1) is 16.4 Å². The van der Waals surface area contributed by atoms with Gasteiger partial charge in [0.1, 0.15) is 8.07 Å². The molecule has 0 saturated carbocycles. The van der Waals surface area contributed by atoms with Crippen LogP contribution in [0.3, 0.4) is 0 Å². The van der Waals surface area contributed by atoms with Gasteiger partial charge >= 0.3 is 0 Å². The zero-order valence-electron chi connectivity index (χ0n) is 13.2. The van der Waals surface area contributed by atoms with Crippen molar-refractivity contribution in [2.75, 3.05) is 0 Å². The van der Waals surface area contributed by atoms with Crippen molar-refractivity contribution in [3.05, 3.63) is 31.4 Å². The molecule has 0 radical (unpaired) electrons. The van der Waals surface area contributed by atoms with Gasteiger partial charge in [-0.3, -0.25) is 9.78 Å². The van der Waals surface area contributed by atoms with E-state index in [-0.39, 0.29) is 10.6 Å². The maximum absolute atomic E-state index is 12.8. The molecule has 114 valence electrons. The lowest BCUT2D eigenvalue weighted by Crippen LogP contribution is -2.59. The van der Waals surface area contributed by atoms with Crippen LogP contribution >= 0.6 is 31.9 Å². The predicted octanol–water partition coefficient (Wildman–Crippen LogP) is 4.17. The molecule has 2 rings (SSSR count). The quantitative estimate of drug-likeness (QED) is 0.635. The Morgan fingerprint density at radius 3 is 2.19 bits per heavy atom. The molecule has 0 spiro atoms. The minimum Gasteiger partial charge on any atom is -0.309 e. The third kappa shape index (κ3) is 2.77. The summed E-state index contributed by atoms with van der Waals surface area (Å²) in [6.45, 7) is 11.0. The van der Waals surface area contributed by atoms with Gasteiger partial charge in [-0.1, -0.05) is 33.9 Å². The number of nitrogens with zero attached hydrogens (tertiary/aromatic N) is 2. The van der Waals surface area contributed by atoms with Gasteiger partial charge in [0, 0.05) is 16.0 Å². The summed E-state index contributed by atoms with van der Waals surface area (Å²) in [7, 11) is -0.154. The summed E-state index contributed by atoms with van der Waals surface area (Å²) >= 11 is 6.99. The van der Waals surface area contributed by atoms with E-state index in [1.54, 1.807) is 4.57 Å². The topological polar surface area (TPSA) is 34.9 Å². The third-order valence-corrected chi connectivity index (χ3v) is 11.7. The van der Waals surface area contributed by atoms with Crippen LogP contribution in [0.4, 0.5) is 0 Å². The molecule has 0 saturated heterocycles. The maximum Gasteiger partial charge on any atom is 0.267 e. The summed E-state index contributed by atoms with van der Waals surface area (Å²) in [6, 6.07) is 3.90. The molecular formula is C15H20Br2N2OSi. The number of fused-ring (bicyclic) bond motifs is 1. The summed E-state index contributed by atoms with van der Waals surface area (Å²) in [5, 5.41) is 0.825. The Balaban J connectivity index is 2.88. The molecule has 0 amide bonds. The van der Waals surface area contributed by atoms with Gasteiger partial charge in [0.15, 0.2) is 0 Å². The van der Waals surface area contributed by atoms with Crippen LogP contribution in [0.2, 0.25) is 18.1 Å². The Morgan fingerprint density at radius 2 is 1.67 bits per heavy atom. The van der Waals surface area contributed by atoms with Crippen molar-refractivity contribution in [3.63, 3.8) is 0 Å². The summed E-state index contributed by atoms with van der Waals surface area (Å²) in [5.41, 5.74) is 1.73. The van der Waals surface area contributed by atoms with Crippen molar-refractivity contribution < 1.29 is 0 Å². The van der Waals surface area contributed by atoms with Crippen LogP contribution < -0.4 is 10.9 Å². The molecule has 2 aromatic rings. The van der Waals surface area contributed by atoms with E-state index in [4.69, 9.17) is 4.98 Å². The Bertz CT molecular complexity index is 776. The van der Waals surface area contributed by atoms with Crippen LogP contribution in [0.5, 0.6) is 0 Å². The molecule has 0 atom stereocenters. The predicted molar refractivity (Wildman–Crippen MR) is 99.2 cm³/mol. The van der Waals surface area contributed by atoms with Crippen LogP contribution in [0.15, 0.2) is 25.9 Å². The minimum atomic E-state index is -1.98. The van der Waals surface area contributed by atoms with E-state index >= 15 is 0 Å². The maximum atomic E-state index is 12.8. The molecule has 1 heterocycles. The number of hydrogen-bond donors (Lipinski definition) is 0. The second-order valence-corrected chi connectivity index (χ2v) is 13.9. The lowest BCUT2D eigenvalue weighted by molar-refractivity contribution is 0.726. The molecule has 0 unspecified atom stereocenters. The minimum absolute atomic E-state index is 0.0308. The first kappa shape index (κ1) is 16.9. The zero-order chi connectivity index (χ0) is 16.2. The monoisotopic (exact) mass is 430 g/mol. The van der Waals surface area contributed by atoms with E-state index in [0.29, 0.717) is 0 Å². The number of hydrogen-bond acceptors (Lipinski definition) is 2. The van der Waals surface area contributed by atoms with E-state index in [1.165, 1.54) is 0 Å². The summed E-state index contributed by atoms with van der Waals surface area (Å²) < 4.78 is 3.59. The van der Waals surface area contributed by atoms with Crippen molar-refractivity contribution in [3.8, 4) is 0 Å². The first-order valence-corrected chi connectivity index (χ1v) is 11.4. The van der Waals surface area contributed by atoms with Gasteiger partial charge in [0.25, 0.3) is 5.56 Å². The van der Waals surface area contributed by atoms with Crippen molar-refractivity contribution >= 4 is 56.3 Å². The molecule has 1 aromatic carbocycles. The van der Waals surface area contributed by atoms with E-state index in [1.807, 2.05) is 19.2 Å². The van der Waals surface area contributed by atoms with Gasteiger partial charge in [-0.25, -0.2) is 0 Å². The lowest BCUT2D eigenvalue weighted by atomic mass is 10.2. The van der Waals surface area contributed by atoms with E-state index in [9.17, 15) is 4.79 Å². The van der Waals surface area contributed by atoms with Gasteiger partial charge < -0.3 is 4.57 Å². The van der Waals surface area contributed by atoms with Crippen molar-refractivity contribution in [2.45, 2.75) is 38.9 Å². The van der Waals surface area contributed by atoms with Crippen LogP contribution in [0.1, 0.15) is 20.8 Å². The highest BCUT2D eigenvalue weighted by atomic mass is 79.9. The highest BCUT2D eigenvalue weighted by Gasteiger charge is 2.40. The first-order valence-electron chi connectivity index (χ1n) is 6.83. The third-order valence-electron chi connectivity index (χ3n) is 4.59.